The fourth-order valence-corrected chi connectivity index (χ4v) is 6.49. The molecule has 3 unspecified atom stereocenters. The van der Waals surface area contributed by atoms with E-state index in [1.165, 1.54) is 28.9 Å². The predicted molar refractivity (Wildman–Crippen MR) is 205 cm³/mol. The number of nitrogens with two attached hydrogens (primary N) is 1. The zero-order valence-corrected chi connectivity index (χ0v) is 34.3. The summed E-state index contributed by atoms with van der Waals surface area (Å²) in [6, 6.07) is 5.50. The van der Waals surface area contributed by atoms with Crippen LogP contribution in [0.15, 0.2) is 30.7 Å². The monoisotopic (exact) mass is 773 g/mol. The molecule has 308 valence electrons. The zero-order valence-electron chi connectivity index (χ0n) is 34.3. The summed E-state index contributed by atoms with van der Waals surface area (Å²) in [5.74, 6) is -0.262. The van der Waals surface area contributed by atoms with Crippen LogP contribution in [0.2, 0.25) is 0 Å². The third kappa shape index (κ3) is 13.1. The number of nitrogens with zero attached hydrogens (tertiary/aromatic N) is 3. The van der Waals surface area contributed by atoms with Crippen molar-refractivity contribution in [3.05, 3.63) is 42.0 Å². The number of amides is 3. The average molecular weight is 774 g/mol. The van der Waals surface area contributed by atoms with Crippen LogP contribution in [0.25, 0.3) is 0 Å². The van der Waals surface area contributed by atoms with Crippen molar-refractivity contribution in [2.75, 3.05) is 40.7 Å². The fourth-order valence-electron chi connectivity index (χ4n) is 6.49. The number of aromatic nitrogens is 2. The Bertz CT molecular complexity index is 1560. The average Bonchev–Trinajstić information content (AvgIpc) is 3.74. The number of imidazole rings is 1. The first kappa shape index (κ1) is 45.0. The Morgan fingerprint density at radius 2 is 1.75 bits per heavy atom. The maximum absolute atomic E-state index is 13.8. The van der Waals surface area contributed by atoms with Crippen molar-refractivity contribution in [2.24, 2.45) is 41.9 Å². The van der Waals surface area contributed by atoms with E-state index in [0.29, 0.717) is 37.6 Å². The van der Waals surface area contributed by atoms with Crippen LogP contribution in [-0.2, 0) is 42.0 Å². The number of carbonyl (C=O) groups excluding carboxylic acids is 4. The summed E-state index contributed by atoms with van der Waals surface area (Å²) in [5.41, 5.74) is 5.93. The van der Waals surface area contributed by atoms with Crippen LogP contribution in [0.5, 0.6) is 11.5 Å². The number of aryl methyl sites for hydroxylation is 2. The Morgan fingerprint density at radius 3 is 2.35 bits per heavy atom. The summed E-state index contributed by atoms with van der Waals surface area (Å²) in [6.07, 6.45) is 3.64. The van der Waals surface area contributed by atoms with Gasteiger partial charge >= 0.3 is 12.1 Å². The molecular weight excluding hydrogens is 710 g/mol. The number of hydrogen-bond donors (Lipinski definition) is 2. The maximum atomic E-state index is 13.8. The van der Waals surface area contributed by atoms with Gasteiger partial charge in [0.25, 0.3) is 0 Å². The number of benzene rings is 1. The van der Waals surface area contributed by atoms with Gasteiger partial charge in [0, 0.05) is 46.6 Å². The molecule has 3 rings (SSSR count). The van der Waals surface area contributed by atoms with Crippen LogP contribution >= 0.6 is 0 Å². The van der Waals surface area contributed by atoms with Crippen molar-refractivity contribution in [1.82, 2.24) is 19.8 Å². The van der Waals surface area contributed by atoms with Gasteiger partial charge in [-0.2, -0.15) is 0 Å². The van der Waals surface area contributed by atoms with E-state index < -0.39 is 47.7 Å². The van der Waals surface area contributed by atoms with Crippen molar-refractivity contribution in [2.45, 2.75) is 99.0 Å². The second-order valence-corrected chi connectivity index (χ2v) is 15.6. The van der Waals surface area contributed by atoms with Crippen molar-refractivity contribution >= 4 is 23.9 Å². The summed E-state index contributed by atoms with van der Waals surface area (Å²) >= 11 is 0. The van der Waals surface area contributed by atoms with Crippen LogP contribution in [0, 0.1) is 29.1 Å². The van der Waals surface area contributed by atoms with Gasteiger partial charge in [-0.1, -0.05) is 33.8 Å². The smallest absolute Gasteiger partial charge is 0.415 e. The summed E-state index contributed by atoms with van der Waals surface area (Å²) in [5, 5.41) is 2.92. The number of nitrogens with one attached hydrogen (secondary N) is 1. The lowest BCUT2D eigenvalue weighted by molar-refractivity contribution is -0.130. The number of primary amides is 1. The fraction of sp³-hybridized carbons (Fsp3) is 0.675. The minimum absolute atomic E-state index is 0.0647. The van der Waals surface area contributed by atoms with Gasteiger partial charge in [-0.15, -0.1) is 0 Å². The lowest BCUT2D eigenvalue weighted by atomic mass is 9.80. The first-order valence-corrected chi connectivity index (χ1v) is 19.1. The molecule has 0 saturated carbocycles. The summed E-state index contributed by atoms with van der Waals surface area (Å²) in [7, 11) is 4.93. The largest absolute Gasteiger partial charge is 0.493 e. The molecule has 1 aromatic carbocycles. The van der Waals surface area contributed by atoms with Crippen LogP contribution in [0.4, 0.5) is 4.79 Å². The number of ether oxygens (including phenoxy) is 6. The molecule has 2 heterocycles. The van der Waals surface area contributed by atoms with Gasteiger partial charge in [-0.3, -0.25) is 14.5 Å². The molecule has 0 aliphatic carbocycles. The molecule has 5 atom stereocenters. The molecule has 15 nitrogen and oxygen atoms in total. The molecule has 0 spiro atoms. The lowest BCUT2D eigenvalue weighted by Gasteiger charge is -2.33. The van der Waals surface area contributed by atoms with Crippen LogP contribution in [-0.4, -0.2) is 97.5 Å². The minimum atomic E-state index is -1.20. The molecule has 1 aliphatic heterocycles. The molecule has 55 heavy (non-hydrogen) atoms. The second kappa shape index (κ2) is 21.1. The SMILES string of the molecule is COCCCOc1cc(CCC(C[C@H]2[C@H](CC(C(=O)NCC(C)(C)C(N)=O)C(C)C)OCN2C(=O)OC(C)OC(=O)c2cncn2C)C(C)C)ccc1OC. The van der Waals surface area contributed by atoms with E-state index >= 15 is 0 Å². The van der Waals surface area contributed by atoms with Crippen molar-refractivity contribution in [3.8, 4) is 11.5 Å². The van der Waals surface area contributed by atoms with Gasteiger partial charge in [0.1, 0.15) is 12.4 Å². The summed E-state index contributed by atoms with van der Waals surface area (Å²) < 4.78 is 35.6. The standard InChI is InChI=1S/C40H63N5O10/c1-25(2)29(14-12-28-13-15-33(51-10)35(18-28)52-17-11-16-50-9)19-31-34(20-30(26(3)4)36(46)43-22-40(6,7)38(41)48)53-24-45(31)39(49)55-27(5)54-37(47)32-21-42-23-44(32)8/h13,15,18,21,23,25-27,29-31,34H,11-12,14,16-17,19-20,22,24H2,1-10H3,(H2,41,48)(H,43,46)/t27?,29?,30?,31-,34-/m0/s1. The normalized spacial score (nSPS) is 17.5. The van der Waals surface area contributed by atoms with Gasteiger partial charge in [0.2, 0.25) is 18.1 Å². The number of esters is 1. The van der Waals surface area contributed by atoms with Gasteiger partial charge in [-0.25, -0.2) is 14.6 Å². The van der Waals surface area contributed by atoms with Crippen LogP contribution < -0.4 is 20.5 Å². The molecule has 1 aromatic heterocycles. The topological polar surface area (TPSA) is 183 Å². The zero-order chi connectivity index (χ0) is 40.9. The molecular formula is C40H63N5O10. The van der Waals surface area contributed by atoms with Gasteiger partial charge in [0.05, 0.1) is 43.8 Å². The van der Waals surface area contributed by atoms with Crippen LogP contribution in [0.1, 0.15) is 90.2 Å². The van der Waals surface area contributed by atoms with E-state index in [1.54, 1.807) is 35.1 Å². The predicted octanol–water partition coefficient (Wildman–Crippen LogP) is 5.10. The van der Waals surface area contributed by atoms with Gasteiger partial charge in [0.15, 0.2) is 11.5 Å². The molecule has 1 fully saturated rings. The Hall–Kier alpha value is -4.37. The van der Waals surface area contributed by atoms with E-state index in [4.69, 9.17) is 34.2 Å². The van der Waals surface area contributed by atoms with E-state index in [0.717, 1.165) is 24.8 Å². The second-order valence-electron chi connectivity index (χ2n) is 15.6. The van der Waals surface area contributed by atoms with Gasteiger partial charge in [-0.05, 0) is 75.0 Å². The van der Waals surface area contributed by atoms with Crippen molar-refractivity contribution in [1.29, 1.82) is 0 Å². The summed E-state index contributed by atoms with van der Waals surface area (Å²) in [6.45, 7) is 14.2. The molecule has 3 N–H and O–H groups in total. The third-order valence-electron chi connectivity index (χ3n) is 10.3. The number of hydrogen-bond acceptors (Lipinski definition) is 11. The highest BCUT2D eigenvalue weighted by atomic mass is 16.7. The molecule has 1 saturated heterocycles. The lowest BCUT2D eigenvalue weighted by Crippen LogP contribution is -2.47. The molecule has 15 heteroatoms. The summed E-state index contributed by atoms with van der Waals surface area (Å²) in [4.78, 5) is 57.5. The van der Waals surface area contributed by atoms with Crippen molar-refractivity contribution < 1.29 is 47.6 Å². The van der Waals surface area contributed by atoms with E-state index in [1.807, 2.05) is 32.0 Å². The van der Waals surface area contributed by atoms with E-state index in [-0.39, 0.29) is 42.6 Å². The highest BCUT2D eigenvalue weighted by Crippen LogP contribution is 2.35. The maximum Gasteiger partial charge on any atom is 0.415 e. The van der Waals surface area contributed by atoms with Gasteiger partial charge < -0.3 is 44.0 Å². The molecule has 0 radical (unpaired) electrons. The molecule has 0 bridgehead atoms. The Morgan fingerprint density at radius 1 is 1.02 bits per heavy atom. The highest BCUT2D eigenvalue weighted by molar-refractivity contribution is 5.87. The Balaban J connectivity index is 1.83. The minimum Gasteiger partial charge on any atom is -0.493 e. The number of rotatable bonds is 22. The van der Waals surface area contributed by atoms with E-state index in [2.05, 4.69) is 24.1 Å². The van der Waals surface area contributed by atoms with E-state index in [9.17, 15) is 19.2 Å². The number of carbonyl (C=O) groups is 4. The molecule has 2 aromatic rings. The first-order valence-electron chi connectivity index (χ1n) is 19.1. The molecule has 1 aliphatic rings. The van der Waals surface area contributed by atoms with Crippen LogP contribution in [0.3, 0.4) is 0 Å². The number of methoxy groups -OCH3 is 2. The highest BCUT2D eigenvalue weighted by Gasteiger charge is 2.43. The van der Waals surface area contributed by atoms with Crippen molar-refractivity contribution in [3.63, 3.8) is 0 Å². The quantitative estimate of drug-likeness (QED) is 0.0923. The third-order valence-corrected chi connectivity index (χ3v) is 10.3. The Labute approximate surface area is 325 Å². The Kier molecular flexibility index (Phi) is 17.3. The first-order chi connectivity index (χ1) is 26.0. The molecule has 3 amide bonds.